The second-order valence-electron chi connectivity index (χ2n) is 6.41. The molecule has 26 heavy (non-hydrogen) atoms. The van der Waals surface area contributed by atoms with Gasteiger partial charge in [0.2, 0.25) is 0 Å². The van der Waals surface area contributed by atoms with Gasteiger partial charge >= 0.3 is 5.97 Å². The van der Waals surface area contributed by atoms with Crippen molar-refractivity contribution in [2.24, 2.45) is 0 Å². The third-order valence-electron chi connectivity index (χ3n) is 4.51. The highest BCUT2D eigenvalue weighted by Gasteiger charge is 2.23. The lowest BCUT2D eigenvalue weighted by Crippen LogP contribution is -2.34. The summed E-state index contributed by atoms with van der Waals surface area (Å²) in [6, 6.07) is 20.5. The summed E-state index contributed by atoms with van der Waals surface area (Å²) >= 11 is 0. The summed E-state index contributed by atoms with van der Waals surface area (Å²) in [6.07, 6.45) is 4.99. The van der Waals surface area contributed by atoms with Crippen LogP contribution in [-0.2, 0) is 16.1 Å². The molecule has 3 rings (SSSR count). The fourth-order valence-electron chi connectivity index (χ4n) is 3.17. The predicted molar refractivity (Wildman–Crippen MR) is 105 cm³/mol. The van der Waals surface area contributed by atoms with Crippen LogP contribution < -0.4 is 0 Å². The Hall–Kier alpha value is -2.65. The van der Waals surface area contributed by atoms with Gasteiger partial charge in [0.25, 0.3) is 0 Å². The number of benzene rings is 2. The highest BCUT2D eigenvalue weighted by atomic mass is 16.5. The number of carbonyl (C=O) groups excluding carboxylic acids is 1. The van der Waals surface area contributed by atoms with Crippen LogP contribution >= 0.6 is 0 Å². The maximum atomic E-state index is 12.5. The topological polar surface area (TPSA) is 29.5 Å². The lowest BCUT2D eigenvalue weighted by atomic mass is 9.98. The second-order valence-corrected chi connectivity index (χ2v) is 6.41. The summed E-state index contributed by atoms with van der Waals surface area (Å²) < 4.78 is 5.30. The molecule has 3 heteroatoms. The number of hydrogen-bond acceptors (Lipinski definition) is 3. The molecule has 1 heterocycles. The number of carbonyl (C=O) groups is 1. The third-order valence-corrected chi connectivity index (χ3v) is 4.51. The highest BCUT2D eigenvalue weighted by Crippen LogP contribution is 2.23. The first kappa shape index (κ1) is 18.2. The summed E-state index contributed by atoms with van der Waals surface area (Å²) in [6.45, 7) is 4.66. The molecular weight excluding hydrogens is 322 g/mol. The Morgan fingerprint density at radius 2 is 1.73 bits per heavy atom. The van der Waals surface area contributed by atoms with E-state index in [4.69, 9.17) is 4.74 Å². The average Bonchev–Trinajstić information content (AvgIpc) is 2.69. The van der Waals surface area contributed by atoms with E-state index in [-0.39, 0.29) is 5.97 Å². The van der Waals surface area contributed by atoms with Crippen molar-refractivity contribution in [3.8, 4) is 0 Å². The van der Waals surface area contributed by atoms with E-state index in [0.29, 0.717) is 13.2 Å². The van der Waals surface area contributed by atoms with Gasteiger partial charge in [-0.15, -0.1) is 0 Å². The van der Waals surface area contributed by atoms with Gasteiger partial charge in [-0.3, -0.25) is 4.90 Å². The highest BCUT2D eigenvalue weighted by molar-refractivity contribution is 5.91. The van der Waals surface area contributed by atoms with E-state index in [1.165, 1.54) is 5.56 Å². The quantitative estimate of drug-likeness (QED) is 0.722. The number of allylic oxidation sites excluding steroid dienone is 1. The molecule has 0 radical (unpaired) electrons. The summed E-state index contributed by atoms with van der Waals surface area (Å²) in [5, 5.41) is 0. The van der Waals surface area contributed by atoms with Crippen LogP contribution in [0.25, 0.3) is 6.08 Å². The fourth-order valence-corrected chi connectivity index (χ4v) is 3.17. The lowest BCUT2D eigenvalue weighted by Gasteiger charge is -2.29. The van der Waals surface area contributed by atoms with Crippen molar-refractivity contribution in [1.82, 2.24) is 4.90 Å². The number of ether oxygens (including phenoxy) is 1. The fraction of sp³-hybridized carbons (Fsp3) is 0.261. The van der Waals surface area contributed by atoms with E-state index < -0.39 is 0 Å². The van der Waals surface area contributed by atoms with Crippen molar-refractivity contribution in [3.63, 3.8) is 0 Å². The molecule has 3 nitrogen and oxygen atoms in total. The van der Waals surface area contributed by atoms with Gasteiger partial charge in [0.15, 0.2) is 0 Å². The minimum atomic E-state index is -0.196. The number of hydrogen-bond donors (Lipinski definition) is 0. The van der Waals surface area contributed by atoms with Gasteiger partial charge in [0, 0.05) is 19.6 Å². The standard InChI is InChI=1S/C23H25NO2/c1-2-26-23(25)22-18-24(17-20-11-7-4-8-12-20)16-15-21(22)14-13-19-9-5-3-6-10-19/h3-14H,2,15-18H2,1H3/b14-13+. The molecule has 0 bridgehead atoms. The largest absolute Gasteiger partial charge is 0.463 e. The Balaban J connectivity index is 1.78. The van der Waals surface area contributed by atoms with E-state index in [9.17, 15) is 4.79 Å². The molecule has 0 spiro atoms. The number of nitrogens with zero attached hydrogens (tertiary/aromatic N) is 1. The van der Waals surface area contributed by atoms with Gasteiger partial charge in [0.1, 0.15) is 0 Å². The summed E-state index contributed by atoms with van der Waals surface area (Å²) in [5.41, 5.74) is 4.26. The Morgan fingerprint density at radius 1 is 1.04 bits per heavy atom. The molecule has 0 aliphatic carbocycles. The SMILES string of the molecule is CCOC(=O)C1=C(/C=C/c2ccccc2)CCN(Cc2ccccc2)C1. The van der Waals surface area contributed by atoms with Crippen molar-refractivity contribution in [2.45, 2.75) is 19.9 Å². The molecule has 2 aromatic rings. The monoisotopic (exact) mass is 347 g/mol. The zero-order chi connectivity index (χ0) is 18.2. The summed E-state index contributed by atoms with van der Waals surface area (Å²) in [7, 11) is 0. The molecule has 0 N–H and O–H groups in total. The summed E-state index contributed by atoms with van der Waals surface area (Å²) in [5.74, 6) is -0.196. The molecule has 1 aliphatic rings. The van der Waals surface area contributed by atoms with Crippen LogP contribution in [0.5, 0.6) is 0 Å². The molecule has 1 aliphatic heterocycles. The van der Waals surface area contributed by atoms with E-state index in [1.54, 1.807) is 0 Å². The first-order chi connectivity index (χ1) is 12.8. The molecule has 0 amide bonds. The zero-order valence-corrected chi connectivity index (χ0v) is 15.2. The number of esters is 1. The van der Waals surface area contributed by atoms with Gasteiger partial charge in [-0.25, -0.2) is 4.79 Å². The Morgan fingerprint density at radius 3 is 2.42 bits per heavy atom. The smallest absolute Gasteiger partial charge is 0.335 e. The van der Waals surface area contributed by atoms with Gasteiger partial charge in [0.05, 0.1) is 12.2 Å². The first-order valence-corrected chi connectivity index (χ1v) is 9.15. The molecule has 0 saturated heterocycles. The normalized spacial score (nSPS) is 15.4. The van der Waals surface area contributed by atoms with Gasteiger partial charge in [-0.05, 0) is 30.0 Å². The van der Waals surface area contributed by atoms with Crippen molar-refractivity contribution in [3.05, 3.63) is 89.0 Å². The van der Waals surface area contributed by atoms with Crippen molar-refractivity contribution in [2.75, 3.05) is 19.7 Å². The van der Waals surface area contributed by atoms with E-state index >= 15 is 0 Å². The second kappa shape index (κ2) is 9.16. The van der Waals surface area contributed by atoms with Crippen LogP contribution in [0.3, 0.4) is 0 Å². The predicted octanol–water partition coefficient (Wildman–Crippen LogP) is 4.47. The van der Waals surface area contributed by atoms with E-state index in [1.807, 2.05) is 31.2 Å². The first-order valence-electron chi connectivity index (χ1n) is 9.15. The molecule has 2 aromatic carbocycles. The van der Waals surface area contributed by atoms with Crippen LogP contribution in [0.2, 0.25) is 0 Å². The zero-order valence-electron chi connectivity index (χ0n) is 15.2. The van der Waals surface area contributed by atoms with Crippen LogP contribution in [0.1, 0.15) is 24.5 Å². The lowest BCUT2D eigenvalue weighted by molar-refractivity contribution is -0.139. The molecular formula is C23H25NO2. The minimum Gasteiger partial charge on any atom is -0.463 e. The molecule has 0 aromatic heterocycles. The van der Waals surface area contributed by atoms with Crippen molar-refractivity contribution in [1.29, 1.82) is 0 Å². The van der Waals surface area contributed by atoms with E-state index in [0.717, 1.165) is 36.2 Å². The van der Waals surface area contributed by atoms with Crippen molar-refractivity contribution >= 4 is 12.0 Å². The maximum Gasteiger partial charge on any atom is 0.335 e. The van der Waals surface area contributed by atoms with Crippen LogP contribution in [0, 0.1) is 0 Å². The molecule has 0 fully saturated rings. The molecule has 134 valence electrons. The third kappa shape index (κ3) is 4.93. The Bertz CT molecular complexity index is 778. The van der Waals surface area contributed by atoms with Gasteiger partial charge < -0.3 is 4.74 Å². The molecule has 0 saturated carbocycles. The van der Waals surface area contributed by atoms with Crippen LogP contribution in [-0.4, -0.2) is 30.6 Å². The Labute approximate surface area is 155 Å². The van der Waals surface area contributed by atoms with E-state index in [2.05, 4.69) is 53.5 Å². The molecule has 0 atom stereocenters. The van der Waals surface area contributed by atoms with Crippen LogP contribution in [0.4, 0.5) is 0 Å². The Kier molecular flexibility index (Phi) is 6.39. The molecule has 0 unspecified atom stereocenters. The van der Waals surface area contributed by atoms with Crippen LogP contribution in [0.15, 0.2) is 77.9 Å². The maximum absolute atomic E-state index is 12.5. The number of rotatable bonds is 6. The minimum absolute atomic E-state index is 0.196. The van der Waals surface area contributed by atoms with Gasteiger partial charge in [-0.2, -0.15) is 0 Å². The van der Waals surface area contributed by atoms with Gasteiger partial charge in [-0.1, -0.05) is 72.8 Å². The summed E-state index contributed by atoms with van der Waals surface area (Å²) in [4.78, 5) is 14.8. The van der Waals surface area contributed by atoms with Crippen molar-refractivity contribution < 1.29 is 9.53 Å². The average molecular weight is 347 g/mol.